The molecule has 2 rings (SSSR count). The van der Waals surface area contributed by atoms with Gasteiger partial charge in [-0.25, -0.2) is 4.99 Å². The minimum absolute atomic E-state index is 0. The van der Waals surface area contributed by atoms with Crippen molar-refractivity contribution in [2.24, 2.45) is 10.9 Å². The number of para-hydroxylation sites is 1. The second-order valence-corrected chi connectivity index (χ2v) is 5.57. The number of hydrogen-bond acceptors (Lipinski definition) is 2. The van der Waals surface area contributed by atoms with Gasteiger partial charge in [0, 0.05) is 19.6 Å². The van der Waals surface area contributed by atoms with Gasteiger partial charge in [-0.2, -0.15) is 0 Å². The van der Waals surface area contributed by atoms with Crippen molar-refractivity contribution in [3.8, 4) is 5.75 Å². The molecule has 0 spiro atoms. The van der Waals surface area contributed by atoms with Crippen LogP contribution in [0.1, 0.15) is 26.7 Å². The number of halogens is 1. The lowest BCUT2D eigenvalue weighted by molar-refractivity contribution is 0.272. The second-order valence-electron chi connectivity index (χ2n) is 5.57. The standard InChI is InChI=1S/C17H27N3O.HI/c1-3-18-17(20-12-9-15(2)10-13-20)19-11-14-21-16-7-5-4-6-8-16;/h4-8,15H,3,9-14H2,1-2H3,(H,18,19);1H. The summed E-state index contributed by atoms with van der Waals surface area (Å²) in [6.07, 6.45) is 2.51. The summed E-state index contributed by atoms with van der Waals surface area (Å²) in [7, 11) is 0. The molecule has 1 aromatic carbocycles. The maximum absolute atomic E-state index is 5.69. The van der Waals surface area contributed by atoms with E-state index in [9.17, 15) is 0 Å². The first-order valence-electron chi connectivity index (χ1n) is 8.00. The van der Waals surface area contributed by atoms with E-state index in [2.05, 4.69) is 29.1 Å². The lowest BCUT2D eigenvalue weighted by Gasteiger charge is -2.33. The number of guanidine groups is 1. The van der Waals surface area contributed by atoms with Crippen LogP contribution in [0.2, 0.25) is 0 Å². The largest absolute Gasteiger partial charge is 0.492 e. The van der Waals surface area contributed by atoms with Crippen LogP contribution in [0, 0.1) is 5.92 Å². The highest BCUT2D eigenvalue weighted by Crippen LogP contribution is 2.15. The highest BCUT2D eigenvalue weighted by Gasteiger charge is 2.18. The summed E-state index contributed by atoms with van der Waals surface area (Å²) in [5, 5.41) is 3.39. The molecule has 1 heterocycles. The number of rotatable bonds is 5. The molecule has 0 unspecified atom stereocenters. The molecule has 124 valence electrons. The van der Waals surface area contributed by atoms with E-state index in [0.717, 1.165) is 37.3 Å². The summed E-state index contributed by atoms with van der Waals surface area (Å²) in [5.74, 6) is 2.77. The Hall–Kier alpha value is -0.980. The molecule has 0 bridgehead atoms. The van der Waals surface area contributed by atoms with E-state index in [4.69, 9.17) is 4.74 Å². The van der Waals surface area contributed by atoms with Gasteiger partial charge in [0.05, 0.1) is 6.54 Å². The fraction of sp³-hybridized carbons (Fsp3) is 0.588. The Morgan fingerprint density at radius 2 is 1.95 bits per heavy atom. The van der Waals surface area contributed by atoms with E-state index in [1.807, 2.05) is 30.3 Å². The number of likely N-dealkylation sites (tertiary alicyclic amines) is 1. The topological polar surface area (TPSA) is 36.9 Å². The van der Waals surface area contributed by atoms with Crippen molar-refractivity contribution in [1.29, 1.82) is 0 Å². The van der Waals surface area contributed by atoms with Crippen LogP contribution in [0.5, 0.6) is 5.75 Å². The molecule has 0 radical (unpaired) electrons. The average molecular weight is 417 g/mol. The normalized spacial score (nSPS) is 16.1. The summed E-state index contributed by atoms with van der Waals surface area (Å²) < 4.78 is 5.69. The van der Waals surface area contributed by atoms with Crippen molar-refractivity contribution in [2.45, 2.75) is 26.7 Å². The first kappa shape index (κ1) is 19.1. The highest BCUT2D eigenvalue weighted by molar-refractivity contribution is 14.0. The molecular weight excluding hydrogens is 389 g/mol. The predicted octanol–water partition coefficient (Wildman–Crippen LogP) is 3.38. The van der Waals surface area contributed by atoms with Gasteiger partial charge < -0.3 is 15.0 Å². The molecular formula is C17H28IN3O. The van der Waals surface area contributed by atoms with E-state index in [1.54, 1.807) is 0 Å². The van der Waals surface area contributed by atoms with Gasteiger partial charge in [-0.15, -0.1) is 24.0 Å². The van der Waals surface area contributed by atoms with Crippen LogP contribution in [0.4, 0.5) is 0 Å². The highest BCUT2D eigenvalue weighted by atomic mass is 127. The minimum atomic E-state index is 0. The number of hydrogen-bond donors (Lipinski definition) is 1. The molecule has 0 amide bonds. The molecule has 1 N–H and O–H groups in total. The first-order chi connectivity index (χ1) is 10.3. The molecule has 0 aromatic heterocycles. The van der Waals surface area contributed by atoms with E-state index < -0.39 is 0 Å². The van der Waals surface area contributed by atoms with Gasteiger partial charge in [-0.1, -0.05) is 25.1 Å². The lowest BCUT2D eigenvalue weighted by atomic mass is 10.00. The number of piperidine rings is 1. The Bertz CT molecular complexity index is 431. The Kier molecular flexibility index (Phi) is 9.27. The van der Waals surface area contributed by atoms with Gasteiger partial charge >= 0.3 is 0 Å². The van der Waals surface area contributed by atoms with E-state index in [-0.39, 0.29) is 24.0 Å². The zero-order valence-corrected chi connectivity index (χ0v) is 16.0. The van der Waals surface area contributed by atoms with Crippen molar-refractivity contribution in [3.05, 3.63) is 30.3 Å². The molecule has 1 fully saturated rings. The zero-order valence-electron chi connectivity index (χ0n) is 13.6. The number of nitrogens with one attached hydrogen (secondary N) is 1. The molecule has 4 nitrogen and oxygen atoms in total. The molecule has 1 aromatic rings. The maximum Gasteiger partial charge on any atom is 0.194 e. The molecule has 0 saturated carbocycles. The predicted molar refractivity (Wildman–Crippen MR) is 103 cm³/mol. The molecule has 22 heavy (non-hydrogen) atoms. The van der Waals surface area contributed by atoms with Crippen molar-refractivity contribution < 1.29 is 4.74 Å². The molecule has 0 atom stereocenters. The van der Waals surface area contributed by atoms with Crippen LogP contribution in [0.15, 0.2) is 35.3 Å². The third kappa shape index (κ3) is 6.42. The molecule has 5 heteroatoms. The Morgan fingerprint density at radius 3 is 2.59 bits per heavy atom. The molecule has 0 aliphatic carbocycles. The number of benzene rings is 1. The summed E-state index contributed by atoms with van der Waals surface area (Å²) >= 11 is 0. The fourth-order valence-corrected chi connectivity index (χ4v) is 2.48. The molecule has 1 aliphatic rings. The number of ether oxygens (including phenoxy) is 1. The van der Waals surface area contributed by atoms with Gasteiger partial charge in [-0.05, 0) is 37.8 Å². The quantitative estimate of drug-likeness (QED) is 0.346. The van der Waals surface area contributed by atoms with Crippen molar-refractivity contribution >= 4 is 29.9 Å². The average Bonchev–Trinajstić information content (AvgIpc) is 2.52. The third-order valence-electron chi connectivity index (χ3n) is 3.78. The van der Waals surface area contributed by atoms with Gasteiger partial charge in [0.25, 0.3) is 0 Å². The van der Waals surface area contributed by atoms with Crippen molar-refractivity contribution in [2.75, 3.05) is 32.8 Å². The van der Waals surface area contributed by atoms with E-state index in [0.29, 0.717) is 13.2 Å². The second kappa shape index (κ2) is 10.7. The van der Waals surface area contributed by atoms with Gasteiger partial charge in [-0.3, -0.25) is 0 Å². The van der Waals surface area contributed by atoms with Crippen LogP contribution in [0.3, 0.4) is 0 Å². The van der Waals surface area contributed by atoms with Crippen molar-refractivity contribution in [3.63, 3.8) is 0 Å². The maximum atomic E-state index is 5.69. The van der Waals surface area contributed by atoms with Gasteiger partial charge in [0.2, 0.25) is 0 Å². The Morgan fingerprint density at radius 1 is 1.27 bits per heavy atom. The summed E-state index contributed by atoms with van der Waals surface area (Å²) in [4.78, 5) is 7.05. The third-order valence-corrected chi connectivity index (χ3v) is 3.78. The summed E-state index contributed by atoms with van der Waals surface area (Å²) in [5.41, 5.74) is 0. The smallest absolute Gasteiger partial charge is 0.194 e. The van der Waals surface area contributed by atoms with E-state index >= 15 is 0 Å². The zero-order chi connectivity index (χ0) is 14.9. The number of aliphatic imine (C=N–C) groups is 1. The van der Waals surface area contributed by atoms with Crippen molar-refractivity contribution in [1.82, 2.24) is 10.2 Å². The monoisotopic (exact) mass is 417 g/mol. The lowest BCUT2D eigenvalue weighted by Crippen LogP contribution is -2.45. The van der Waals surface area contributed by atoms with Gasteiger partial charge in [0.15, 0.2) is 5.96 Å². The SMILES string of the molecule is CCNC(=NCCOc1ccccc1)N1CCC(C)CC1.I. The van der Waals surface area contributed by atoms with Crippen LogP contribution in [-0.4, -0.2) is 43.6 Å². The minimum Gasteiger partial charge on any atom is -0.492 e. The van der Waals surface area contributed by atoms with Crippen LogP contribution in [-0.2, 0) is 0 Å². The Balaban J connectivity index is 0.00000242. The van der Waals surface area contributed by atoms with Crippen LogP contribution >= 0.6 is 24.0 Å². The summed E-state index contributed by atoms with van der Waals surface area (Å²) in [6.45, 7) is 8.85. The number of nitrogens with zero attached hydrogens (tertiary/aromatic N) is 2. The van der Waals surface area contributed by atoms with Crippen LogP contribution in [0.25, 0.3) is 0 Å². The Labute approximate surface area is 151 Å². The summed E-state index contributed by atoms with van der Waals surface area (Å²) in [6, 6.07) is 9.91. The van der Waals surface area contributed by atoms with Gasteiger partial charge in [0.1, 0.15) is 12.4 Å². The van der Waals surface area contributed by atoms with E-state index in [1.165, 1.54) is 12.8 Å². The first-order valence-corrected chi connectivity index (χ1v) is 8.00. The van der Waals surface area contributed by atoms with Crippen LogP contribution < -0.4 is 10.1 Å². The molecule has 1 aliphatic heterocycles. The fourth-order valence-electron chi connectivity index (χ4n) is 2.48. The molecule has 1 saturated heterocycles.